The zero-order valence-electron chi connectivity index (χ0n) is 9.06. The van der Waals surface area contributed by atoms with Gasteiger partial charge in [-0.15, -0.1) is 0 Å². The molecule has 0 radical (unpaired) electrons. The Hall–Kier alpha value is -0.740. The third kappa shape index (κ3) is 5.64. The Morgan fingerprint density at radius 1 is 1.27 bits per heavy atom. The summed E-state index contributed by atoms with van der Waals surface area (Å²) in [6.07, 6.45) is -2.73. The molecule has 0 saturated carbocycles. The first-order valence-electron chi connectivity index (χ1n) is 5.16. The van der Waals surface area contributed by atoms with Gasteiger partial charge in [-0.1, -0.05) is 26.2 Å². The van der Waals surface area contributed by atoms with Crippen molar-refractivity contribution in [3.05, 3.63) is 0 Å². The molecule has 0 fully saturated rings. The van der Waals surface area contributed by atoms with Crippen molar-refractivity contribution in [2.75, 3.05) is 6.61 Å². The Labute approximate surface area is 87.8 Å². The highest BCUT2D eigenvalue weighted by Crippen LogP contribution is 2.31. The standard InChI is InChI=1S/C10H17F3O2/c1-3-5-6-7-8(10(11,12)13)9(14)15-4-2/h8H,3-7H2,1-2H3. The number of esters is 1. The molecule has 5 heteroatoms. The maximum Gasteiger partial charge on any atom is 0.402 e. The summed E-state index contributed by atoms with van der Waals surface area (Å²) in [5.41, 5.74) is 0. The summed E-state index contributed by atoms with van der Waals surface area (Å²) in [4.78, 5) is 11.0. The van der Waals surface area contributed by atoms with E-state index in [0.29, 0.717) is 12.8 Å². The van der Waals surface area contributed by atoms with Crippen molar-refractivity contribution < 1.29 is 22.7 Å². The number of halogens is 3. The first-order chi connectivity index (χ1) is 6.93. The molecule has 90 valence electrons. The third-order valence-corrected chi connectivity index (χ3v) is 2.06. The number of unbranched alkanes of at least 4 members (excludes halogenated alkanes) is 2. The van der Waals surface area contributed by atoms with Crippen molar-refractivity contribution in [2.45, 2.75) is 45.7 Å². The van der Waals surface area contributed by atoms with Crippen LogP contribution in [0.5, 0.6) is 0 Å². The average Bonchev–Trinajstić information content (AvgIpc) is 2.10. The van der Waals surface area contributed by atoms with Crippen LogP contribution in [0.2, 0.25) is 0 Å². The fourth-order valence-electron chi connectivity index (χ4n) is 1.26. The van der Waals surface area contributed by atoms with Crippen molar-refractivity contribution in [1.82, 2.24) is 0 Å². The van der Waals surface area contributed by atoms with E-state index < -0.39 is 18.1 Å². The number of carbonyl (C=O) groups is 1. The smallest absolute Gasteiger partial charge is 0.402 e. The van der Waals surface area contributed by atoms with Crippen LogP contribution in [0.3, 0.4) is 0 Å². The zero-order valence-corrected chi connectivity index (χ0v) is 9.06. The van der Waals surface area contributed by atoms with Gasteiger partial charge in [0.05, 0.1) is 6.61 Å². The van der Waals surface area contributed by atoms with E-state index in [0.717, 1.165) is 6.42 Å². The van der Waals surface area contributed by atoms with Gasteiger partial charge in [0.15, 0.2) is 5.92 Å². The fourth-order valence-corrected chi connectivity index (χ4v) is 1.26. The lowest BCUT2D eigenvalue weighted by Gasteiger charge is -2.18. The molecule has 0 aromatic heterocycles. The summed E-state index contributed by atoms with van der Waals surface area (Å²) in [5.74, 6) is -3.11. The molecule has 0 saturated heterocycles. The number of hydrogen-bond acceptors (Lipinski definition) is 2. The molecule has 0 aliphatic rings. The van der Waals surface area contributed by atoms with Crippen molar-refractivity contribution >= 4 is 5.97 Å². The first-order valence-corrected chi connectivity index (χ1v) is 5.16. The second-order valence-corrected chi connectivity index (χ2v) is 3.34. The van der Waals surface area contributed by atoms with Crippen LogP contribution in [-0.4, -0.2) is 18.8 Å². The highest BCUT2D eigenvalue weighted by Gasteiger charge is 2.45. The topological polar surface area (TPSA) is 26.3 Å². The van der Waals surface area contributed by atoms with Crippen LogP contribution in [0, 0.1) is 5.92 Å². The molecule has 0 amide bonds. The lowest BCUT2D eigenvalue weighted by atomic mass is 10.0. The van der Waals surface area contributed by atoms with Gasteiger partial charge in [-0.3, -0.25) is 4.79 Å². The number of carbonyl (C=O) groups excluding carboxylic acids is 1. The maximum atomic E-state index is 12.4. The van der Waals surface area contributed by atoms with Gasteiger partial charge >= 0.3 is 12.1 Å². The molecule has 0 aromatic carbocycles. The average molecular weight is 226 g/mol. The van der Waals surface area contributed by atoms with E-state index in [1.54, 1.807) is 0 Å². The van der Waals surface area contributed by atoms with Gasteiger partial charge in [-0.25, -0.2) is 0 Å². The molecule has 1 unspecified atom stereocenters. The van der Waals surface area contributed by atoms with E-state index in [-0.39, 0.29) is 13.0 Å². The number of ether oxygens (including phenoxy) is 1. The van der Waals surface area contributed by atoms with Crippen LogP contribution in [0.1, 0.15) is 39.5 Å². The second-order valence-electron chi connectivity index (χ2n) is 3.34. The fraction of sp³-hybridized carbons (Fsp3) is 0.900. The summed E-state index contributed by atoms with van der Waals surface area (Å²) in [6, 6.07) is 0. The quantitative estimate of drug-likeness (QED) is 0.513. The molecular weight excluding hydrogens is 209 g/mol. The van der Waals surface area contributed by atoms with E-state index in [1.165, 1.54) is 6.92 Å². The highest BCUT2D eigenvalue weighted by atomic mass is 19.4. The van der Waals surface area contributed by atoms with Gasteiger partial charge in [-0.05, 0) is 13.3 Å². The molecule has 2 nitrogen and oxygen atoms in total. The van der Waals surface area contributed by atoms with Crippen LogP contribution in [0.4, 0.5) is 13.2 Å². The summed E-state index contributed by atoms with van der Waals surface area (Å²) in [5, 5.41) is 0. The number of hydrogen-bond donors (Lipinski definition) is 0. The van der Waals surface area contributed by atoms with Crippen molar-refractivity contribution in [3.8, 4) is 0 Å². The first kappa shape index (κ1) is 14.3. The van der Waals surface area contributed by atoms with Gasteiger partial charge in [-0.2, -0.15) is 13.2 Å². The molecule has 0 bridgehead atoms. The number of alkyl halides is 3. The molecule has 0 aromatic rings. The predicted octanol–water partition coefficient (Wildman–Crippen LogP) is 3.31. The van der Waals surface area contributed by atoms with Crippen LogP contribution in [0.15, 0.2) is 0 Å². The highest BCUT2D eigenvalue weighted by molar-refractivity contribution is 5.73. The molecular formula is C10H17F3O2. The Kier molecular flexibility index (Phi) is 6.36. The molecule has 0 N–H and O–H groups in total. The Morgan fingerprint density at radius 2 is 1.87 bits per heavy atom. The van der Waals surface area contributed by atoms with Gasteiger partial charge in [0.1, 0.15) is 0 Å². The summed E-state index contributed by atoms with van der Waals surface area (Å²) < 4.78 is 41.7. The van der Waals surface area contributed by atoms with Crippen molar-refractivity contribution in [1.29, 1.82) is 0 Å². The van der Waals surface area contributed by atoms with Crippen molar-refractivity contribution in [2.24, 2.45) is 5.92 Å². The summed E-state index contributed by atoms with van der Waals surface area (Å²) in [7, 11) is 0. The zero-order chi connectivity index (χ0) is 11.9. The maximum absolute atomic E-state index is 12.4. The Balaban J connectivity index is 4.25. The minimum absolute atomic E-state index is 0.0147. The normalized spacial score (nSPS) is 13.7. The van der Waals surface area contributed by atoms with E-state index in [2.05, 4.69) is 4.74 Å². The van der Waals surface area contributed by atoms with Gasteiger partial charge in [0, 0.05) is 0 Å². The summed E-state index contributed by atoms with van der Waals surface area (Å²) >= 11 is 0. The van der Waals surface area contributed by atoms with E-state index in [9.17, 15) is 18.0 Å². The second kappa shape index (κ2) is 6.69. The predicted molar refractivity (Wildman–Crippen MR) is 50.3 cm³/mol. The van der Waals surface area contributed by atoms with Crippen LogP contribution in [0.25, 0.3) is 0 Å². The lowest BCUT2D eigenvalue weighted by Crippen LogP contribution is -2.32. The Bertz CT molecular complexity index is 190. The monoisotopic (exact) mass is 226 g/mol. The lowest BCUT2D eigenvalue weighted by molar-refractivity contribution is -0.198. The van der Waals surface area contributed by atoms with E-state index >= 15 is 0 Å². The van der Waals surface area contributed by atoms with Gasteiger partial charge in [0.2, 0.25) is 0 Å². The van der Waals surface area contributed by atoms with E-state index in [1.807, 2.05) is 6.92 Å². The largest absolute Gasteiger partial charge is 0.466 e. The summed E-state index contributed by atoms with van der Waals surface area (Å²) in [6.45, 7) is 3.38. The Morgan fingerprint density at radius 3 is 2.27 bits per heavy atom. The van der Waals surface area contributed by atoms with Crippen LogP contribution >= 0.6 is 0 Å². The molecule has 0 aliphatic heterocycles. The molecule has 0 aliphatic carbocycles. The van der Waals surface area contributed by atoms with Crippen LogP contribution in [-0.2, 0) is 9.53 Å². The molecule has 1 atom stereocenters. The minimum atomic E-state index is -4.49. The van der Waals surface area contributed by atoms with Gasteiger partial charge < -0.3 is 4.74 Å². The van der Waals surface area contributed by atoms with Crippen molar-refractivity contribution in [3.63, 3.8) is 0 Å². The molecule has 15 heavy (non-hydrogen) atoms. The van der Waals surface area contributed by atoms with Crippen LogP contribution < -0.4 is 0 Å². The SMILES string of the molecule is CCCCCC(C(=O)OCC)C(F)(F)F. The molecule has 0 spiro atoms. The van der Waals surface area contributed by atoms with Gasteiger partial charge in [0.25, 0.3) is 0 Å². The minimum Gasteiger partial charge on any atom is -0.466 e. The molecule has 0 heterocycles. The number of rotatable bonds is 6. The van der Waals surface area contributed by atoms with E-state index in [4.69, 9.17) is 0 Å². The molecule has 0 rings (SSSR count). The third-order valence-electron chi connectivity index (χ3n) is 2.06.